The lowest BCUT2D eigenvalue weighted by Crippen LogP contribution is -2.19. The van der Waals surface area contributed by atoms with E-state index in [0.717, 1.165) is 22.8 Å². The molecule has 78 valence electrons. The van der Waals surface area contributed by atoms with Crippen LogP contribution in [0.15, 0.2) is 29.2 Å². The molecule has 0 saturated heterocycles. The van der Waals surface area contributed by atoms with Gasteiger partial charge in [0.15, 0.2) is 0 Å². The number of aliphatic hydroxyl groups is 1. The Hall–Kier alpha value is -0.670. The summed E-state index contributed by atoms with van der Waals surface area (Å²) in [6, 6.07) is 7.80. The second-order valence-corrected chi connectivity index (χ2v) is 5.09. The summed E-state index contributed by atoms with van der Waals surface area (Å²) in [7, 11) is 0. The molecule has 0 bridgehead atoms. The molecule has 0 fully saturated rings. The van der Waals surface area contributed by atoms with Crippen molar-refractivity contribution in [2.45, 2.75) is 30.8 Å². The van der Waals surface area contributed by atoms with Crippen molar-refractivity contribution in [3.63, 3.8) is 0 Å². The average Bonchev–Trinajstić information content (AvgIpc) is 2.06. The van der Waals surface area contributed by atoms with Gasteiger partial charge in [-0.15, -0.1) is 11.8 Å². The summed E-state index contributed by atoms with van der Waals surface area (Å²) in [5.74, 6) is 0.887. The predicted octanol–water partition coefficient (Wildman–Crippen LogP) is 2.52. The van der Waals surface area contributed by atoms with Crippen LogP contribution in [0.5, 0.6) is 0 Å². The third-order valence-electron chi connectivity index (χ3n) is 1.89. The summed E-state index contributed by atoms with van der Waals surface area (Å²) >= 11 is 1.69. The van der Waals surface area contributed by atoms with E-state index in [0.29, 0.717) is 0 Å². The summed E-state index contributed by atoms with van der Waals surface area (Å²) in [4.78, 5) is 1.09. The highest BCUT2D eigenvalue weighted by molar-refractivity contribution is 7.99. The molecule has 0 aliphatic rings. The third kappa shape index (κ3) is 4.03. The second-order valence-electron chi connectivity index (χ2n) is 3.95. The summed E-state index contributed by atoms with van der Waals surface area (Å²) in [6.45, 7) is 3.64. The first-order valence-electron chi connectivity index (χ1n) is 4.69. The summed E-state index contributed by atoms with van der Waals surface area (Å²) < 4.78 is 0. The quantitative estimate of drug-likeness (QED) is 0.594. The molecule has 0 aromatic heterocycles. The lowest BCUT2D eigenvalue weighted by molar-refractivity contribution is 0.0778. The number of para-hydroxylation sites is 1. The molecule has 0 spiro atoms. The number of nitrogens with two attached hydrogens (primary N) is 1. The lowest BCUT2D eigenvalue weighted by Gasteiger charge is -2.16. The van der Waals surface area contributed by atoms with Crippen LogP contribution in [0.4, 0.5) is 5.69 Å². The molecule has 0 unspecified atom stereocenters. The molecule has 3 N–H and O–H groups in total. The third-order valence-corrected chi connectivity index (χ3v) is 2.98. The highest BCUT2D eigenvalue weighted by Crippen LogP contribution is 2.26. The zero-order valence-corrected chi connectivity index (χ0v) is 9.47. The van der Waals surface area contributed by atoms with Crippen molar-refractivity contribution >= 4 is 17.4 Å². The normalized spacial score (nSPS) is 11.6. The molecule has 0 radical (unpaired) electrons. The first kappa shape index (κ1) is 11.4. The van der Waals surface area contributed by atoms with Crippen LogP contribution in [0.1, 0.15) is 20.3 Å². The van der Waals surface area contributed by atoms with Gasteiger partial charge in [-0.2, -0.15) is 0 Å². The molecule has 1 rings (SSSR count). The molecular formula is C11H17NOS. The Morgan fingerprint density at radius 3 is 2.57 bits per heavy atom. The Kier molecular flexibility index (Phi) is 3.84. The van der Waals surface area contributed by atoms with E-state index in [4.69, 9.17) is 5.73 Å². The monoisotopic (exact) mass is 211 g/mol. The number of anilines is 1. The van der Waals surface area contributed by atoms with E-state index in [1.54, 1.807) is 11.8 Å². The van der Waals surface area contributed by atoms with Crippen LogP contribution in [0.2, 0.25) is 0 Å². The van der Waals surface area contributed by atoms with Crippen molar-refractivity contribution in [3.05, 3.63) is 24.3 Å². The highest BCUT2D eigenvalue weighted by Gasteiger charge is 2.11. The number of benzene rings is 1. The topological polar surface area (TPSA) is 46.2 Å². The Morgan fingerprint density at radius 2 is 2.00 bits per heavy atom. The van der Waals surface area contributed by atoms with E-state index in [2.05, 4.69) is 0 Å². The Morgan fingerprint density at radius 1 is 1.36 bits per heavy atom. The minimum Gasteiger partial charge on any atom is -0.398 e. The highest BCUT2D eigenvalue weighted by atomic mass is 32.2. The number of rotatable bonds is 4. The molecule has 0 heterocycles. The van der Waals surface area contributed by atoms with E-state index in [1.165, 1.54) is 0 Å². The smallest absolute Gasteiger partial charge is 0.0599 e. The molecule has 0 amide bonds. The van der Waals surface area contributed by atoms with E-state index in [-0.39, 0.29) is 0 Å². The molecule has 14 heavy (non-hydrogen) atoms. The van der Waals surface area contributed by atoms with E-state index in [1.807, 2.05) is 38.1 Å². The molecule has 2 nitrogen and oxygen atoms in total. The minimum atomic E-state index is -0.587. The van der Waals surface area contributed by atoms with Gasteiger partial charge in [0.05, 0.1) is 5.60 Å². The van der Waals surface area contributed by atoms with Crippen LogP contribution in [-0.4, -0.2) is 16.5 Å². The maximum Gasteiger partial charge on any atom is 0.0599 e. The van der Waals surface area contributed by atoms with Crippen molar-refractivity contribution in [1.82, 2.24) is 0 Å². The van der Waals surface area contributed by atoms with Gasteiger partial charge in [-0.25, -0.2) is 0 Å². The molecular weight excluding hydrogens is 194 g/mol. The van der Waals surface area contributed by atoms with E-state index >= 15 is 0 Å². The van der Waals surface area contributed by atoms with Crippen LogP contribution in [0, 0.1) is 0 Å². The van der Waals surface area contributed by atoms with Crippen LogP contribution in [-0.2, 0) is 0 Å². The fourth-order valence-electron chi connectivity index (χ4n) is 1.02. The van der Waals surface area contributed by atoms with Crippen LogP contribution in [0.25, 0.3) is 0 Å². The number of thioether (sulfide) groups is 1. The Balaban J connectivity index is 2.43. The number of hydrogen-bond donors (Lipinski definition) is 2. The largest absolute Gasteiger partial charge is 0.398 e. The predicted molar refractivity (Wildman–Crippen MR) is 62.5 cm³/mol. The fourth-order valence-corrected chi connectivity index (χ4v) is 2.25. The maximum atomic E-state index is 9.52. The van der Waals surface area contributed by atoms with Crippen molar-refractivity contribution < 1.29 is 5.11 Å². The van der Waals surface area contributed by atoms with Crippen molar-refractivity contribution in [2.24, 2.45) is 0 Å². The van der Waals surface area contributed by atoms with Crippen LogP contribution >= 0.6 is 11.8 Å². The second kappa shape index (κ2) is 4.71. The lowest BCUT2D eigenvalue weighted by atomic mass is 10.1. The van der Waals surface area contributed by atoms with Crippen molar-refractivity contribution in [2.75, 3.05) is 11.5 Å². The van der Waals surface area contributed by atoms with Gasteiger partial charge in [-0.3, -0.25) is 0 Å². The summed E-state index contributed by atoms with van der Waals surface area (Å²) in [5.41, 5.74) is 6.01. The molecule has 0 saturated carbocycles. The minimum absolute atomic E-state index is 0.587. The van der Waals surface area contributed by atoms with Gasteiger partial charge in [0.1, 0.15) is 0 Å². The van der Waals surface area contributed by atoms with E-state index < -0.39 is 5.60 Å². The van der Waals surface area contributed by atoms with Gasteiger partial charge < -0.3 is 10.8 Å². The Labute approximate surface area is 89.5 Å². The van der Waals surface area contributed by atoms with Crippen LogP contribution in [0.3, 0.4) is 0 Å². The van der Waals surface area contributed by atoms with Crippen molar-refractivity contribution in [1.29, 1.82) is 0 Å². The number of hydrogen-bond acceptors (Lipinski definition) is 3. The van der Waals surface area contributed by atoms with Gasteiger partial charge in [-0.05, 0) is 32.4 Å². The zero-order valence-electron chi connectivity index (χ0n) is 8.66. The first-order chi connectivity index (χ1) is 6.49. The molecule has 0 aliphatic heterocycles. The number of nitrogen functional groups attached to an aromatic ring is 1. The van der Waals surface area contributed by atoms with Crippen molar-refractivity contribution in [3.8, 4) is 0 Å². The molecule has 1 aromatic carbocycles. The standard InChI is InChI=1S/C11H17NOS/c1-11(2,13)7-8-14-10-6-4-3-5-9(10)12/h3-6,13H,7-8,12H2,1-2H3. The first-order valence-corrected chi connectivity index (χ1v) is 5.67. The van der Waals surface area contributed by atoms with Gasteiger partial charge in [-0.1, -0.05) is 12.1 Å². The van der Waals surface area contributed by atoms with Crippen LogP contribution < -0.4 is 5.73 Å². The SMILES string of the molecule is CC(C)(O)CCSc1ccccc1N. The van der Waals surface area contributed by atoms with Gasteiger partial charge in [0.2, 0.25) is 0 Å². The molecule has 3 heteroatoms. The Bertz CT molecular complexity index is 294. The maximum absolute atomic E-state index is 9.52. The van der Waals surface area contributed by atoms with Gasteiger partial charge in [0, 0.05) is 16.3 Å². The fraction of sp³-hybridized carbons (Fsp3) is 0.455. The van der Waals surface area contributed by atoms with Gasteiger partial charge >= 0.3 is 0 Å². The zero-order chi connectivity index (χ0) is 10.6. The molecule has 1 aromatic rings. The van der Waals surface area contributed by atoms with E-state index in [9.17, 15) is 5.11 Å². The van der Waals surface area contributed by atoms with Gasteiger partial charge in [0.25, 0.3) is 0 Å². The average molecular weight is 211 g/mol. The molecule has 0 aliphatic carbocycles. The summed E-state index contributed by atoms with van der Waals surface area (Å²) in [5, 5.41) is 9.52. The molecule has 0 atom stereocenters. The summed E-state index contributed by atoms with van der Waals surface area (Å²) in [6.07, 6.45) is 0.770.